The molecule has 1 saturated heterocycles. The van der Waals surface area contributed by atoms with Gasteiger partial charge in [0.15, 0.2) is 12.4 Å². The molecule has 0 unspecified atom stereocenters. The van der Waals surface area contributed by atoms with Crippen LogP contribution < -0.4 is 14.4 Å². The molecule has 37 heavy (non-hydrogen) atoms. The van der Waals surface area contributed by atoms with Gasteiger partial charge in [0.25, 0.3) is 0 Å². The molecule has 0 radical (unpaired) electrons. The van der Waals surface area contributed by atoms with E-state index in [0.29, 0.717) is 16.9 Å². The number of amides is 1. The average Bonchev–Trinajstić information content (AvgIpc) is 3.30. The fourth-order valence-electron chi connectivity index (χ4n) is 3.97. The molecule has 0 saturated carbocycles. The second-order valence-electron chi connectivity index (χ2n) is 8.85. The highest BCUT2D eigenvalue weighted by atomic mass is 16.5. The zero-order chi connectivity index (χ0) is 26.5. The van der Waals surface area contributed by atoms with Gasteiger partial charge in [0.05, 0.1) is 18.6 Å². The Morgan fingerprint density at radius 3 is 2.35 bits per heavy atom. The summed E-state index contributed by atoms with van der Waals surface area (Å²) in [7, 11) is 1.51. The Balaban J connectivity index is 1.29. The Kier molecular flexibility index (Phi) is 7.67. The Morgan fingerprint density at radius 2 is 1.65 bits per heavy atom. The van der Waals surface area contributed by atoms with Crippen LogP contribution in [0.4, 0.5) is 5.69 Å². The summed E-state index contributed by atoms with van der Waals surface area (Å²) in [5.74, 6) is -1.56. The lowest BCUT2D eigenvalue weighted by Gasteiger charge is -2.17. The van der Waals surface area contributed by atoms with Crippen LogP contribution in [0.15, 0.2) is 66.7 Å². The highest BCUT2D eigenvalue weighted by Crippen LogP contribution is 2.27. The first-order valence-electron chi connectivity index (χ1n) is 11.8. The van der Waals surface area contributed by atoms with Crippen molar-refractivity contribution >= 4 is 29.3 Å². The highest BCUT2D eigenvalue weighted by molar-refractivity contribution is 6.01. The summed E-state index contributed by atoms with van der Waals surface area (Å²) >= 11 is 0. The molecule has 1 heterocycles. The van der Waals surface area contributed by atoms with E-state index in [0.717, 1.165) is 16.8 Å². The lowest BCUT2D eigenvalue weighted by atomic mass is 10.1. The zero-order valence-corrected chi connectivity index (χ0v) is 20.9. The van der Waals surface area contributed by atoms with Crippen LogP contribution in [0.2, 0.25) is 0 Å². The number of carbonyl (C=O) groups excluding carboxylic acids is 4. The topological polar surface area (TPSA) is 99.2 Å². The normalized spacial score (nSPS) is 14.8. The van der Waals surface area contributed by atoms with Crippen molar-refractivity contribution in [3.63, 3.8) is 0 Å². The highest BCUT2D eigenvalue weighted by Gasteiger charge is 2.36. The van der Waals surface area contributed by atoms with Crippen molar-refractivity contribution in [2.45, 2.75) is 20.3 Å². The number of esters is 2. The van der Waals surface area contributed by atoms with Gasteiger partial charge in [-0.1, -0.05) is 12.1 Å². The molecule has 190 valence electrons. The van der Waals surface area contributed by atoms with Crippen LogP contribution in [0.3, 0.4) is 0 Å². The van der Waals surface area contributed by atoms with Gasteiger partial charge in [-0.2, -0.15) is 0 Å². The molecule has 1 aliphatic rings. The number of rotatable bonds is 8. The standard InChI is InChI=1S/C29H27NO7/c1-18-7-10-23(13-19(18)2)30-16-22(15-27(30)32)28(33)36-17-26(31)20-8-11-24(12-9-20)37-29(34)21-5-4-6-25(14-21)35-3/h4-14,22H,15-17H2,1-3H3/t22-/m1/s1. The summed E-state index contributed by atoms with van der Waals surface area (Å²) in [6.45, 7) is 3.72. The summed E-state index contributed by atoms with van der Waals surface area (Å²) in [6, 6.07) is 18.2. The number of hydrogen-bond donors (Lipinski definition) is 0. The predicted molar refractivity (Wildman–Crippen MR) is 136 cm³/mol. The smallest absolute Gasteiger partial charge is 0.343 e. The molecule has 1 amide bonds. The Hall–Kier alpha value is -4.46. The van der Waals surface area contributed by atoms with E-state index in [1.807, 2.05) is 32.0 Å². The van der Waals surface area contributed by atoms with E-state index in [9.17, 15) is 19.2 Å². The second kappa shape index (κ2) is 11.1. The van der Waals surface area contributed by atoms with E-state index in [1.54, 1.807) is 29.2 Å². The van der Waals surface area contributed by atoms with Gasteiger partial charge in [-0.3, -0.25) is 14.4 Å². The first-order chi connectivity index (χ1) is 17.7. The lowest BCUT2D eigenvalue weighted by molar-refractivity contribution is -0.147. The SMILES string of the molecule is COc1cccc(C(=O)Oc2ccc(C(=O)COC(=O)[C@@H]3CC(=O)N(c4ccc(C)c(C)c4)C3)cc2)c1. The average molecular weight is 502 g/mol. The molecule has 1 aliphatic heterocycles. The number of hydrogen-bond acceptors (Lipinski definition) is 7. The molecular weight excluding hydrogens is 474 g/mol. The lowest BCUT2D eigenvalue weighted by Crippen LogP contribution is -2.27. The number of benzene rings is 3. The number of Topliss-reactive ketones (excluding diaryl/α,β-unsaturated/α-hetero) is 1. The third-order valence-electron chi connectivity index (χ3n) is 6.30. The Bertz CT molecular complexity index is 1350. The van der Waals surface area contributed by atoms with Crippen LogP contribution in [-0.4, -0.2) is 43.9 Å². The fourth-order valence-corrected chi connectivity index (χ4v) is 3.97. The number of ketones is 1. The second-order valence-corrected chi connectivity index (χ2v) is 8.85. The summed E-state index contributed by atoms with van der Waals surface area (Å²) < 4.78 is 15.7. The molecule has 0 aliphatic carbocycles. The maximum absolute atomic E-state index is 12.6. The van der Waals surface area contributed by atoms with E-state index in [2.05, 4.69) is 0 Å². The van der Waals surface area contributed by atoms with E-state index in [-0.39, 0.29) is 24.6 Å². The third kappa shape index (κ3) is 6.03. The number of nitrogens with zero attached hydrogens (tertiary/aromatic N) is 1. The van der Waals surface area contributed by atoms with Gasteiger partial charge in [0.1, 0.15) is 11.5 Å². The first-order valence-corrected chi connectivity index (χ1v) is 11.8. The van der Waals surface area contributed by atoms with E-state index >= 15 is 0 Å². The molecule has 0 spiro atoms. The van der Waals surface area contributed by atoms with Crippen molar-refractivity contribution in [2.24, 2.45) is 5.92 Å². The van der Waals surface area contributed by atoms with Crippen molar-refractivity contribution < 1.29 is 33.4 Å². The Morgan fingerprint density at radius 1 is 0.892 bits per heavy atom. The molecule has 4 rings (SSSR count). The molecule has 8 nitrogen and oxygen atoms in total. The van der Waals surface area contributed by atoms with Crippen LogP contribution in [-0.2, 0) is 14.3 Å². The number of anilines is 1. The van der Waals surface area contributed by atoms with Gasteiger partial charge in [-0.05, 0) is 79.6 Å². The van der Waals surface area contributed by atoms with Crippen molar-refractivity contribution in [3.8, 4) is 11.5 Å². The predicted octanol–water partition coefficient (Wildman–Crippen LogP) is 4.31. The molecule has 3 aromatic carbocycles. The molecule has 0 aromatic heterocycles. The maximum atomic E-state index is 12.6. The summed E-state index contributed by atoms with van der Waals surface area (Å²) in [5.41, 5.74) is 3.55. The largest absolute Gasteiger partial charge is 0.497 e. The molecule has 1 atom stereocenters. The van der Waals surface area contributed by atoms with Crippen LogP contribution in [0, 0.1) is 19.8 Å². The maximum Gasteiger partial charge on any atom is 0.343 e. The molecular formula is C29H27NO7. The van der Waals surface area contributed by atoms with Crippen molar-refractivity contribution in [2.75, 3.05) is 25.2 Å². The van der Waals surface area contributed by atoms with E-state index in [4.69, 9.17) is 14.2 Å². The molecule has 1 fully saturated rings. The minimum atomic E-state index is -0.639. The summed E-state index contributed by atoms with van der Waals surface area (Å²) in [6.07, 6.45) is 0.0350. The molecule has 0 bridgehead atoms. The third-order valence-corrected chi connectivity index (χ3v) is 6.30. The van der Waals surface area contributed by atoms with Gasteiger partial charge in [0, 0.05) is 24.2 Å². The minimum absolute atomic E-state index is 0.0350. The fraction of sp³-hybridized carbons (Fsp3) is 0.241. The molecule has 3 aromatic rings. The van der Waals surface area contributed by atoms with Gasteiger partial charge in [-0.25, -0.2) is 4.79 Å². The molecule has 8 heteroatoms. The number of carbonyl (C=O) groups is 4. The summed E-state index contributed by atoms with van der Waals surface area (Å²) in [5, 5.41) is 0. The van der Waals surface area contributed by atoms with Crippen molar-refractivity contribution in [3.05, 3.63) is 89.0 Å². The van der Waals surface area contributed by atoms with Crippen molar-refractivity contribution in [1.29, 1.82) is 0 Å². The van der Waals surface area contributed by atoms with Crippen molar-refractivity contribution in [1.82, 2.24) is 0 Å². The Labute approximate surface area is 214 Å². The zero-order valence-electron chi connectivity index (χ0n) is 20.9. The van der Waals surface area contributed by atoms with Crippen LogP contribution in [0.5, 0.6) is 11.5 Å². The van der Waals surface area contributed by atoms with Gasteiger partial charge in [-0.15, -0.1) is 0 Å². The quantitative estimate of drug-likeness (QED) is 0.258. The van der Waals surface area contributed by atoms with Crippen LogP contribution in [0.25, 0.3) is 0 Å². The van der Waals surface area contributed by atoms with E-state index in [1.165, 1.54) is 31.4 Å². The van der Waals surface area contributed by atoms with Gasteiger partial charge >= 0.3 is 11.9 Å². The van der Waals surface area contributed by atoms with Crippen LogP contribution in [0.1, 0.15) is 38.3 Å². The minimum Gasteiger partial charge on any atom is -0.497 e. The van der Waals surface area contributed by atoms with Crippen LogP contribution >= 0.6 is 0 Å². The first kappa shape index (κ1) is 25.6. The number of aryl methyl sites for hydroxylation is 2. The van der Waals surface area contributed by atoms with Gasteiger partial charge in [0.2, 0.25) is 5.91 Å². The molecule has 0 N–H and O–H groups in total. The van der Waals surface area contributed by atoms with E-state index < -0.39 is 30.2 Å². The number of methoxy groups -OCH3 is 1. The monoisotopic (exact) mass is 501 g/mol. The van der Waals surface area contributed by atoms with Gasteiger partial charge < -0.3 is 19.1 Å². The number of ether oxygens (including phenoxy) is 3. The summed E-state index contributed by atoms with van der Waals surface area (Å²) in [4.78, 5) is 51.5.